The van der Waals surface area contributed by atoms with E-state index in [1.54, 1.807) is 6.92 Å². The van der Waals surface area contributed by atoms with Crippen LogP contribution in [0.25, 0.3) is 0 Å². The van der Waals surface area contributed by atoms with Crippen molar-refractivity contribution in [3.05, 3.63) is 11.7 Å². The average molecular weight is 169 g/mol. The van der Waals surface area contributed by atoms with Gasteiger partial charge in [0.2, 0.25) is 5.89 Å². The SMILES string of the molecule is Cc1noc([C@H]2COCCN2)n1. The Hall–Kier alpha value is -0.940. The van der Waals surface area contributed by atoms with Crippen LogP contribution < -0.4 is 5.32 Å². The third-order valence-corrected chi connectivity index (χ3v) is 1.76. The summed E-state index contributed by atoms with van der Waals surface area (Å²) in [6.07, 6.45) is 0. The highest BCUT2D eigenvalue weighted by molar-refractivity contribution is 4.92. The summed E-state index contributed by atoms with van der Waals surface area (Å²) in [7, 11) is 0. The molecule has 12 heavy (non-hydrogen) atoms. The van der Waals surface area contributed by atoms with Gasteiger partial charge in [-0.3, -0.25) is 0 Å². The van der Waals surface area contributed by atoms with Gasteiger partial charge in [-0.2, -0.15) is 4.98 Å². The first-order chi connectivity index (χ1) is 5.86. The second kappa shape index (κ2) is 3.20. The first-order valence-corrected chi connectivity index (χ1v) is 3.97. The maximum absolute atomic E-state index is 5.26. The van der Waals surface area contributed by atoms with E-state index in [0.717, 1.165) is 13.2 Å². The molecule has 1 saturated heterocycles. The number of hydrogen-bond acceptors (Lipinski definition) is 5. The van der Waals surface area contributed by atoms with Gasteiger partial charge >= 0.3 is 0 Å². The Kier molecular flexibility index (Phi) is 2.05. The smallest absolute Gasteiger partial charge is 0.246 e. The number of morpholine rings is 1. The summed E-state index contributed by atoms with van der Waals surface area (Å²) in [6, 6.07) is 0.0694. The molecule has 0 aromatic carbocycles. The minimum atomic E-state index is 0.0694. The van der Waals surface area contributed by atoms with Gasteiger partial charge in [-0.25, -0.2) is 0 Å². The molecule has 66 valence electrons. The Morgan fingerprint density at radius 1 is 1.58 bits per heavy atom. The van der Waals surface area contributed by atoms with Crippen molar-refractivity contribution in [3.63, 3.8) is 0 Å². The molecular formula is C7H11N3O2. The zero-order valence-electron chi connectivity index (χ0n) is 6.91. The van der Waals surface area contributed by atoms with E-state index in [9.17, 15) is 0 Å². The molecule has 5 nitrogen and oxygen atoms in total. The van der Waals surface area contributed by atoms with Crippen LogP contribution >= 0.6 is 0 Å². The molecule has 1 aromatic rings. The van der Waals surface area contributed by atoms with Gasteiger partial charge in [0.15, 0.2) is 5.82 Å². The lowest BCUT2D eigenvalue weighted by molar-refractivity contribution is 0.0659. The van der Waals surface area contributed by atoms with E-state index in [4.69, 9.17) is 9.26 Å². The molecule has 1 N–H and O–H groups in total. The van der Waals surface area contributed by atoms with Crippen LogP contribution in [-0.4, -0.2) is 29.9 Å². The number of hydrogen-bond donors (Lipinski definition) is 1. The molecule has 1 aliphatic rings. The molecule has 0 bridgehead atoms. The molecule has 0 aliphatic carbocycles. The molecule has 0 amide bonds. The van der Waals surface area contributed by atoms with Gasteiger partial charge in [-0.1, -0.05) is 5.16 Å². The Bertz CT molecular complexity index is 255. The molecule has 1 atom stereocenters. The topological polar surface area (TPSA) is 60.2 Å². The molecule has 0 radical (unpaired) electrons. The largest absolute Gasteiger partial charge is 0.378 e. The summed E-state index contributed by atoms with van der Waals surface area (Å²) < 4.78 is 10.3. The van der Waals surface area contributed by atoms with E-state index in [1.165, 1.54) is 0 Å². The van der Waals surface area contributed by atoms with Gasteiger partial charge < -0.3 is 14.6 Å². The number of nitrogens with zero attached hydrogens (tertiary/aromatic N) is 2. The Morgan fingerprint density at radius 3 is 3.08 bits per heavy atom. The van der Waals surface area contributed by atoms with Crippen LogP contribution in [0.1, 0.15) is 17.8 Å². The van der Waals surface area contributed by atoms with Crippen molar-refractivity contribution >= 4 is 0 Å². The fourth-order valence-corrected chi connectivity index (χ4v) is 1.18. The van der Waals surface area contributed by atoms with Crippen molar-refractivity contribution in [3.8, 4) is 0 Å². The number of ether oxygens (including phenoxy) is 1. The summed E-state index contributed by atoms with van der Waals surface area (Å²) >= 11 is 0. The van der Waals surface area contributed by atoms with Crippen molar-refractivity contribution in [2.24, 2.45) is 0 Å². The van der Waals surface area contributed by atoms with Gasteiger partial charge in [0.1, 0.15) is 6.04 Å². The standard InChI is InChI=1S/C7H11N3O2/c1-5-9-7(12-10-5)6-4-11-3-2-8-6/h6,8H,2-4H2,1H3/t6-/m1/s1. The molecule has 5 heteroatoms. The first kappa shape index (κ1) is 7.70. The highest BCUT2D eigenvalue weighted by Gasteiger charge is 2.20. The van der Waals surface area contributed by atoms with Gasteiger partial charge in [0.05, 0.1) is 13.2 Å². The highest BCUT2D eigenvalue weighted by Crippen LogP contribution is 2.12. The van der Waals surface area contributed by atoms with E-state index >= 15 is 0 Å². The molecular weight excluding hydrogens is 158 g/mol. The lowest BCUT2D eigenvalue weighted by Gasteiger charge is -2.20. The van der Waals surface area contributed by atoms with Crippen LogP contribution in [0.3, 0.4) is 0 Å². The molecule has 1 aromatic heterocycles. The van der Waals surface area contributed by atoms with Crippen LogP contribution in [0, 0.1) is 6.92 Å². The molecule has 0 spiro atoms. The maximum atomic E-state index is 5.26. The molecule has 0 saturated carbocycles. The lowest BCUT2D eigenvalue weighted by atomic mass is 10.3. The van der Waals surface area contributed by atoms with E-state index in [-0.39, 0.29) is 6.04 Å². The number of nitrogens with one attached hydrogen (secondary N) is 1. The van der Waals surface area contributed by atoms with Crippen LogP contribution in [0.15, 0.2) is 4.52 Å². The Balaban J connectivity index is 2.08. The summed E-state index contributed by atoms with van der Waals surface area (Å²) in [4.78, 5) is 4.11. The van der Waals surface area contributed by atoms with Gasteiger partial charge in [-0.05, 0) is 6.92 Å². The highest BCUT2D eigenvalue weighted by atomic mass is 16.5. The molecule has 2 heterocycles. The molecule has 2 rings (SSSR count). The van der Waals surface area contributed by atoms with E-state index in [2.05, 4.69) is 15.5 Å². The number of aryl methyl sites for hydroxylation is 1. The lowest BCUT2D eigenvalue weighted by Crippen LogP contribution is -2.34. The number of rotatable bonds is 1. The van der Waals surface area contributed by atoms with Crippen molar-refractivity contribution in [2.45, 2.75) is 13.0 Å². The van der Waals surface area contributed by atoms with Gasteiger partial charge in [0.25, 0.3) is 0 Å². The summed E-state index contributed by atoms with van der Waals surface area (Å²) in [5, 5.41) is 6.94. The van der Waals surface area contributed by atoms with Crippen LogP contribution in [0.2, 0.25) is 0 Å². The quantitative estimate of drug-likeness (QED) is 0.643. The Morgan fingerprint density at radius 2 is 2.50 bits per heavy atom. The molecule has 0 unspecified atom stereocenters. The first-order valence-electron chi connectivity index (χ1n) is 3.97. The average Bonchev–Trinajstić information content (AvgIpc) is 2.54. The third-order valence-electron chi connectivity index (χ3n) is 1.76. The fourth-order valence-electron chi connectivity index (χ4n) is 1.18. The monoisotopic (exact) mass is 169 g/mol. The van der Waals surface area contributed by atoms with Crippen molar-refractivity contribution in [1.29, 1.82) is 0 Å². The zero-order valence-corrected chi connectivity index (χ0v) is 6.91. The minimum absolute atomic E-state index is 0.0694. The second-order valence-corrected chi connectivity index (χ2v) is 2.76. The fraction of sp³-hybridized carbons (Fsp3) is 0.714. The summed E-state index contributed by atoms with van der Waals surface area (Å²) in [5.41, 5.74) is 0. The van der Waals surface area contributed by atoms with Crippen molar-refractivity contribution in [2.75, 3.05) is 19.8 Å². The van der Waals surface area contributed by atoms with E-state index < -0.39 is 0 Å². The summed E-state index contributed by atoms with van der Waals surface area (Å²) in [5.74, 6) is 1.28. The van der Waals surface area contributed by atoms with Crippen LogP contribution in [-0.2, 0) is 4.74 Å². The second-order valence-electron chi connectivity index (χ2n) is 2.76. The third kappa shape index (κ3) is 1.46. The predicted molar refractivity (Wildman–Crippen MR) is 40.6 cm³/mol. The molecule has 1 aliphatic heterocycles. The normalized spacial score (nSPS) is 24.2. The van der Waals surface area contributed by atoms with Crippen molar-refractivity contribution in [1.82, 2.24) is 15.5 Å². The zero-order chi connectivity index (χ0) is 8.39. The minimum Gasteiger partial charge on any atom is -0.378 e. The Labute approximate surface area is 70.1 Å². The van der Waals surface area contributed by atoms with Crippen LogP contribution in [0.4, 0.5) is 0 Å². The molecule has 1 fully saturated rings. The summed E-state index contributed by atoms with van der Waals surface area (Å²) in [6.45, 7) is 4.01. The maximum Gasteiger partial charge on any atom is 0.246 e. The van der Waals surface area contributed by atoms with Gasteiger partial charge in [0, 0.05) is 6.54 Å². The predicted octanol–water partition coefficient (Wildman–Crippen LogP) is 0.0389. The van der Waals surface area contributed by atoms with E-state index in [1.807, 2.05) is 0 Å². The van der Waals surface area contributed by atoms with Crippen LogP contribution in [0.5, 0.6) is 0 Å². The van der Waals surface area contributed by atoms with Gasteiger partial charge in [-0.15, -0.1) is 0 Å². The van der Waals surface area contributed by atoms with E-state index in [0.29, 0.717) is 18.3 Å². The number of aromatic nitrogens is 2. The van der Waals surface area contributed by atoms with Crippen molar-refractivity contribution < 1.29 is 9.26 Å².